The normalized spacial score (nSPS) is 14.8. The highest BCUT2D eigenvalue weighted by molar-refractivity contribution is 6.02. The van der Waals surface area contributed by atoms with Gasteiger partial charge in [0, 0.05) is 24.2 Å². The Morgan fingerprint density at radius 2 is 1.69 bits per heavy atom. The molecule has 1 aliphatic heterocycles. The van der Waals surface area contributed by atoms with Crippen molar-refractivity contribution in [1.29, 1.82) is 0 Å². The average Bonchev–Trinajstić information content (AvgIpc) is 2.69. The van der Waals surface area contributed by atoms with E-state index in [9.17, 15) is 4.79 Å². The second kappa shape index (κ2) is 7.54. The minimum Gasteiger partial charge on any atom is -0.324 e. The number of fused-ring (bicyclic) bond motifs is 1. The third kappa shape index (κ3) is 3.68. The number of carbonyl (C=O) groups is 1. The monoisotopic (exact) mass is 342 g/mol. The van der Waals surface area contributed by atoms with Crippen molar-refractivity contribution in [3.8, 4) is 0 Å². The topological polar surface area (TPSA) is 32.3 Å². The smallest absolute Gasteiger partial charge is 0.238 e. The van der Waals surface area contributed by atoms with Crippen molar-refractivity contribution in [2.24, 2.45) is 0 Å². The molecular formula is C23H22N2O. The summed E-state index contributed by atoms with van der Waals surface area (Å²) in [6.45, 7) is 2.14. The summed E-state index contributed by atoms with van der Waals surface area (Å²) < 4.78 is 0. The predicted octanol–water partition coefficient (Wildman–Crippen LogP) is 4.57. The zero-order chi connectivity index (χ0) is 17.8. The molecule has 1 N–H and O–H groups in total. The summed E-state index contributed by atoms with van der Waals surface area (Å²) in [6.07, 6.45) is 3.22. The van der Waals surface area contributed by atoms with E-state index in [0.29, 0.717) is 6.54 Å². The van der Waals surface area contributed by atoms with Crippen molar-refractivity contribution < 1.29 is 4.79 Å². The molecule has 3 aromatic rings. The Hall–Kier alpha value is -2.91. The second-order valence-electron chi connectivity index (χ2n) is 6.66. The molecule has 0 aromatic heterocycles. The summed E-state index contributed by atoms with van der Waals surface area (Å²) in [7, 11) is 0. The highest BCUT2D eigenvalue weighted by atomic mass is 16.2. The summed E-state index contributed by atoms with van der Waals surface area (Å²) in [5, 5.41) is 5.29. The van der Waals surface area contributed by atoms with Gasteiger partial charge in [0.2, 0.25) is 5.91 Å². The molecule has 0 saturated carbocycles. The summed E-state index contributed by atoms with van der Waals surface area (Å²) in [5.74, 6) is 0.0397. The van der Waals surface area contributed by atoms with Crippen LogP contribution in [0.1, 0.15) is 12.0 Å². The molecule has 130 valence electrons. The van der Waals surface area contributed by atoms with Gasteiger partial charge in [-0.25, -0.2) is 0 Å². The number of hydrogen-bond donors (Lipinski definition) is 1. The second-order valence-corrected chi connectivity index (χ2v) is 6.66. The number of amides is 1. The lowest BCUT2D eigenvalue weighted by Crippen LogP contribution is -2.36. The number of rotatable bonds is 4. The zero-order valence-electron chi connectivity index (χ0n) is 14.7. The van der Waals surface area contributed by atoms with Crippen LogP contribution in [0.4, 0.5) is 5.69 Å². The molecule has 0 atom stereocenters. The largest absolute Gasteiger partial charge is 0.324 e. The van der Waals surface area contributed by atoms with Gasteiger partial charge >= 0.3 is 0 Å². The maximum absolute atomic E-state index is 12.5. The Labute approximate surface area is 154 Å². The molecule has 0 aliphatic carbocycles. The van der Waals surface area contributed by atoms with E-state index >= 15 is 0 Å². The van der Waals surface area contributed by atoms with Crippen LogP contribution in [0.3, 0.4) is 0 Å². The molecule has 0 fully saturated rings. The van der Waals surface area contributed by atoms with Gasteiger partial charge in [-0.15, -0.1) is 0 Å². The predicted molar refractivity (Wildman–Crippen MR) is 108 cm³/mol. The van der Waals surface area contributed by atoms with Gasteiger partial charge in [-0.05, 0) is 29.0 Å². The molecule has 0 bridgehead atoms. The molecule has 3 aromatic carbocycles. The number of nitrogens with zero attached hydrogens (tertiary/aromatic N) is 1. The summed E-state index contributed by atoms with van der Waals surface area (Å²) in [6, 6.07) is 24.6. The Morgan fingerprint density at radius 3 is 2.50 bits per heavy atom. The van der Waals surface area contributed by atoms with Gasteiger partial charge in [-0.1, -0.05) is 72.8 Å². The van der Waals surface area contributed by atoms with Gasteiger partial charge in [0.05, 0.1) is 6.54 Å². The highest BCUT2D eigenvalue weighted by Crippen LogP contribution is 2.24. The quantitative estimate of drug-likeness (QED) is 0.753. The van der Waals surface area contributed by atoms with Gasteiger partial charge in [-0.3, -0.25) is 9.69 Å². The van der Waals surface area contributed by atoms with E-state index in [1.165, 1.54) is 11.1 Å². The lowest BCUT2D eigenvalue weighted by molar-refractivity contribution is -0.117. The number of hydrogen-bond acceptors (Lipinski definition) is 2. The van der Waals surface area contributed by atoms with Gasteiger partial charge in [0.1, 0.15) is 0 Å². The third-order valence-corrected chi connectivity index (χ3v) is 4.87. The molecular weight excluding hydrogens is 320 g/mol. The zero-order valence-corrected chi connectivity index (χ0v) is 14.7. The molecule has 0 saturated heterocycles. The number of carbonyl (C=O) groups excluding carboxylic acids is 1. The number of benzene rings is 3. The maximum Gasteiger partial charge on any atom is 0.238 e. The molecule has 3 nitrogen and oxygen atoms in total. The van der Waals surface area contributed by atoms with Crippen molar-refractivity contribution in [2.75, 3.05) is 25.0 Å². The van der Waals surface area contributed by atoms with E-state index in [-0.39, 0.29) is 5.91 Å². The van der Waals surface area contributed by atoms with E-state index in [2.05, 4.69) is 52.7 Å². The molecule has 0 radical (unpaired) electrons. The Bertz CT molecular complexity index is 941. The molecule has 0 spiro atoms. The number of anilines is 1. The van der Waals surface area contributed by atoms with E-state index in [4.69, 9.17) is 0 Å². The fourth-order valence-corrected chi connectivity index (χ4v) is 3.50. The first-order chi connectivity index (χ1) is 12.8. The summed E-state index contributed by atoms with van der Waals surface area (Å²) in [4.78, 5) is 14.7. The van der Waals surface area contributed by atoms with Crippen LogP contribution >= 0.6 is 0 Å². The van der Waals surface area contributed by atoms with E-state index in [0.717, 1.165) is 36.0 Å². The van der Waals surface area contributed by atoms with Crippen molar-refractivity contribution in [2.45, 2.75) is 6.42 Å². The van der Waals surface area contributed by atoms with Crippen LogP contribution in [0.2, 0.25) is 0 Å². The number of nitrogens with one attached hydrogen (secondary N) is 1. The van der Waals surface area contributed by atoms with Gasteiger partial charge in [-0.2, -0.15) is 0 Å². The maximum atomic E-state index is 12.5. The molecule has 1 heterocycles. The van der Waals surface area contributed by atoms with Crippen LogP contribution in [0.5, 0.6) is 0 Å². The van der Waals surface area contributed by atoms with Crippen LogP contribution < -0.4 is 5.32 Å². The van der Waals surface area contributed by atoms with Crippen LogP contribution in [-0.4, -0.2) is 30.4 Å². The van der Waals surface area contributed by atoms with Crippen LogP contribution in [0.15, 0.2) is 78.9 Å². The van der Waals surface area contributed by atoms with Crippen LogP contribution in [0.25, 0.3) is 16.3 Å². The van der Waals surface area contributed by atoms with E-state index in [1.807, 2.05) is 36.4 Å². The standard InChI is InChI=1S/C23H22N2O/c26-23(24-22-12-6-10-20-9-4-5-11-21(20)22)17-25-15-13-19(14-16-25)18-7-2-1-3-8-18/h1-13H,14-17H2,(H,24,26). The molecule has 0 unspecified atom stereocenters. The summed E-state index contributed by atoms with van der Waals surface area (Å²) in [5.41, 5.74) is 3.54. The average molecular weight is 342 g/mol. The van der Waals surface area contributed by atoms with E-state index in [1.54, 1.807) is 0 Å². The first-order valence-corrected chi connectivity index (χ1v) is 9.04. The Morgan fingerprint density at radius 1 is 0.923 bits per heavy atom. The molecule has 1 amide bonds. The lowest BCUT2D eigenvalue weighted by Gasteiger charge is -2.26. The van der Waals surface area contributed by atoms with Crippen molar-refractivity contribution in [3.63, 3.8) is 0 Å². The Kier molecular flexibility index (Phi) is 4.80. The van der Waals surface area contributed by atoms with Gasteiger partial charge in [0.15, 0.2) is 0 Å². The van der Waals surface area contributed by atoms with E-state index < -0.39 is 0 Å². The first kappa shape index (κ1) is 16.6. The first-order valence-electron chi connectivity index (χ1n) is 9.04. The lowest BCUT2D eigenvalue weighted by atomic mass is 10.00. The highest BCUT2D eigenvalue weighted by Gasteiger charge is 2.16. The van der Waals surface area contributed by atoms with Gasteiger partial charge < -0.3 is 5.32 Å². The summed E-state index contributed by atoms with van der Waals surface area (Å²) >= 11 is 0. The molecule has 1 aliphatic rings. The van der Waals surface area contributed by atoms with Crippen molar-refractivity contribution in [1.82, 2.24) is 4.90 Å². The SMILES string of the molecule is O=C(CN1CC=C(c2ccccc2)CC1)Nc1cccc2ccccc12. The minimum atomic E-state index is 0.0397. The third-order valence-electron chi connectivity index (χ3n) is 4.87. The van der Waals surface area contributed by atoms with Gasteiger partial charge in [0.25, 0.3) is 0 Å². The van der Waals surface area contributed by atoms with Crippen LogP contribution in [-0.2, 0) is 4.79 Å². The molecule has 26 heavy (non-hydrogen) atoms. The minimum absolute atomic E-state index is 0.0397. The Balaban J connectivity index is 1.39. The van der Waals surface area contributed by atoms with Crippen molar-refractivity contribution >= 4 is 27.9 Å². The molecule has 4 rings (SSSR count). The fraction of sp³-hybridized carbons (Fsp3) is 0.174. The molecule has 3 heteroatoms. The fourth-order valence-electron chi connectivity index (χ4n) is 3.50. The van der Waals surface area contributed by atoms with Crippen LogP contribution in [0, 0.1) is 0 Å². The van der Waals surface area contributed by atoms with Crippen molar-refractivity contribution in [3.05, 3.63) is 84.4 Å².